The van der Waals surface area contributed by atoms with Gasteiger partial charge in [0.1, 0.15) is 5.82 Å². The molecule has 162 valence electrons. The number of imidazole rings is 1. The molecule has 0 fully saturated rings. The maximum Gasteiger partial charge on any atom is 0.337 e. The lowest BCUT2D eigenvalue weighted by molar-refractivity contribution is 0.0600. The Labute approximate surface area is 186 Å². The van der Waals surface area contributed by atoms with E-state index in [9.17, 15) is 9.59 Å². The van der Waals surface area contributed by atoms with Gasteiger partial charge in [0.05, 0.1) is 23.7 Å². The summed E-state index contributed by atoms with van der Waals surface area (Å²) in [5.74, 6) is 0.565. The van der Waals surface area contributed by atoms with E-state index in [1.807, 2.05) is 49.5 Å². The van der Waals surface area contributed by atoms with E-state index in [1.54, 1.807) is 24.3 Å². The van der Waals surface area contributed by atoms with Gasteiger partial charge in [0.25, 0.3) is 0 Å². The Hall–Kier alpha value is -4.13. The highest BCUT2D eigenvalue weighted by Crippen LogP contribution is 2.18. The number of urea groups is 1. The van der Waals surface area contributed by atoms with Crippen LogP contribution in [-0.2, 0) is 24.6 Å². The van der Waals surface area contributed by atoms with Gasteiger partial charge in [-0.3, -0.25) is 0 Å². The average molecular weight is 428 g/mol. The number of amides is 2. The van der Waals surface area contributed by atoms with Crippen molar-refractivity contribution in [2.45, 2.75) is 12.8 Å². The van der Waals surface area contributed by atoms with Gasteiger partial charge < -0.3 is 19.9 Å². The number of rotatable bonds is 6. The molecule has 0 atom stereocenters. The van der Waals surface area contributed by atoms with Crippen LogP contribution >= 0.6 is 0 Å². The third-order valence-corrected chi connectivity index (χ3v) is 5.24. The first kappa shape index (κ1) is 21.1. The summed E-state index contributed by atoms with van der Waals surface area (Å²) in [6.45, 7) is 0. The number of aryl methyl sites for hydroxylation is 3. The van der Waals surface area contributed by atoms with Crippen LogP contribution in [0.2, 0.25) is 0 Å². The van der Waals surface area contributed by atoms with Gasteiger partial charge in [-0.2, -0.15) is 0 Å². The zero-order valence-electron chi connectivity index (χ0n) is 18.0. The number of hydrogen-bond donors (Lipinski definition) is 2. The molecule has 1 heterocycles. The van der Waals surface area contributed by atoms with Gasteiger partial charge >= 0.3 is 12.0 Å². The highest BCUT2D eigenvalue weighted by Gasteiger charge is 2.10. The van der Waals surface area contributed by atoms with Crippen LogP contribution in [0, 0.1) is 0 Å². The Morgan fingerprint density at radius 1 is 0.906 bits per heavy atom. The minimum absolute atomic E-state index is 0.370. The van der Waals surface area contributed by atoms with Crippen LogP contribution in [0.4, 0.5) is 16.2 Å². The molecule has 3 aromatic carbocycles. The highest BCUT2D eigenvalue weighted by atomic mass is 16.5. The van der Waals surface area contributed by atoms with Crippen molar-refractivity contribution in [3.63, 3.8) is 0 Å². The van der Waals surface area contributed by atoms with Crippen molar-refractivity contribution in [2.24, 2.45) is 7.05 Å². The van der Waals surface area contributed by atoms with Crippen molar-refractivity contribution in [3.05, 3.63) is 89.7 Å². The molecule has 0 unspecified atom stereocenters. The molecule has 4 rings (SSSR count). The Kier molecular flexibility index (Phi) is 6.17. The number of hydrogen-bond acceptors (Lipinski definition) is 4. The number of nitrogens with one attached hydrogen (secondary N) is 2. The predicted molar refractivity (Wildman–Crippen MR) is 125 cm³/mol. The van der Waals surface area contributed by atoms with Gasteiger partial charge in [0, 0.05) is 24.8 Å². The Morgan fingerprint density at radius 3 is 2.38 bits per heavy atom. The summed E-state index contributed by atoms with van der Waals surface area (Å²) >= 11 is 0. The van der Waals surface area contributed by atoms with Crippen LogP contribution in [-0.4, -0.2) is 28.7 Å². The third kappa shape index (κ3) is 4.78. The Morgan fingerprint density at radius 2 is 1.62 bits per heavy atom. The molecule has 0 aliphatic carbocycles. The van der Waals surface area contributed by atoms with E-state index in [-0.39, 0.29) is 6.03 Å². The summed E-state index contributed by atoms with van der Waals surface area (Å²) in [4.78, 5) is 28.8. The molecule has 0 saturated heterocycles. The number of carbonyl (C=O) groups excluding carboxylic acids is 2. The Balaban J connectivity index is 1.39. The maximum atomic E-state index is 12.4. The van der Waals surface area contributed by atoms with Crippen molar-refractivity contribution in [1.29, 1.82) is 0 Å². The second kappa shape index (κ2) is 9.34. The number of nitrogens with zero attached hydrogens (tertiary/aromatic N) is 2. The number of para-hydroxylation sites is 2. The van der Waals surface area contributed by atoms with Gasteiger partial charge in [0.15, 0.2) is 0 Å². The van der Waals surface area contributed by atoms with E-state index >= 15 is 0 Å². The topological polar surface area (TPSA) is 85.2 Å². The third-order valence-electron chi connectivity index (χ3n) is 5.24. The first-order chi connectivity index (χ1) is 15.5. The molecule has 1 aromatic heterocycles. The second-order valence-electron chi connectivity index (χ2n) is 7.43. The minimum atomic E-state index is -0.456. The molecule has 7 heteroatoms. The zero-order chi connectivity index (χ0) is 22.5. The monoisotopic (exact) mass is 428 g/mol. The molecule has 0 aliphatic heterocycles. The summed E-state index contributed by atoms with van der Waals surface area (Å²) < 4.78 is 6.83. The zero-order valence-corrected chi connectivity index (χ0v) is 18.0. The van der Waals surface area contributed by atoms with E-state index in [2.05, 4.69) is 21.3 Å². The molecule has 32 heavy (non-hydrogen) atoms. The molecule has 0 spiro atoms. The minimum Gasteiger partial charge on any atom is -0.465 e. The van der Waals surface area contributed by atoms with Crippen LogP contribution in [0.5, 0.6) is 0 Å². The first-order valence-electron chi connectivity index (χ1n) is 10.3. The quantitative estimate of drug-likeness (QED) is 0.433. The fourth-order valence-corrected chi connectivity index (χ4v) is 3.61. The molecule has 2 N–H and O–H groups in total. The Bertz CT molecular complexity index is 1280. The number of aromatic nitrogens is 2. The number of anilines is 2. The molecular weight excluding hydrogens is 404 g/mol. The molecular formula is C25H24N4O3. The summed E-state index contributed by atoms with van der Waals surface area (Å²) in [6.07, 6.45) is 1.59. The lowest BCUT2D eigenvalue weighted by atomic mass is 10.1. The van der Waals surface area contributed by atoms with Gasteiger partial charge in [-0.25, -0.2) is 14.6 Å². The van der Waals surface area contributed by atoms with Crippen LogP contribution < -0.4 is 10.6 Å². The van der Waals surface area contributed by atoms with E-state index in [1.165, 1.54) is 7.11 Å². The van der Waals surface area contributed by atoms with E-state index in [0.29, 0.717) is 16.9 Å². The first-order valence-corrected chi connectivity index (χ1v) is 10.3. The van der Waals surface area contributed by atoms with Crippen molar-refractivity contribution >= 4 is 34.4 Å². The van der Waals surface area contributed by atoms with Crippen molar-refractivity contribution < 1.29 is 14.3 Å². The number of carbonyl (C=O) groups is 2. The lowest BCUT2D eigenvalue weighted by Crippen LogP contribution is -2.19. The fourth-order valence-electron chi connectivity index (χ4n) is 3.61. The normalized spacial score (nSPS) is 10.7. The second-order valence-corrected chi connectivity index (χ2v) is 7.43. The molecule has 0 aliphatic rings. The van der Waals surface area contributed by atoms with Crippen LogP contribution in [0.25, 0.3) is 11.0 Å². The molecule has 2 amide bonds. The number of ether oxygens (including phenoxy) is 1. The van der Waals surface area contributed by atoms with Crippen LogP contribution in [0.1, 0.15) is 21.7 Å². The summed E-state index contributed by atoms with van der Waals surface area (Å²) in [6, 6.07) is 22.0. The maximum absolute atomic E-state index is 12.4. The van der Waals surface area contributed by atoms with Crippen molar-refractivity contribution in [2.75, 3.05) is 17.7 Å². The smallest absolute Gasteiger partial charge is 0.337 e. The average Bonchev–Trinajstić information content (AvgIpc) is 3.13. The van der Waals surface area contributed by atoms with Gasteiger partial charge in [-0.15, -0.1) is 0 Å². The van der Waals surface area contributed by atoms with E-state index < -0.39 is 5.97 Å². The fraction of sp³-hybridized carbons (Fsp3) is 0.160. The van der Waals surface area contributed by atoms with E-state index in [4.69, 9.17) is 9.72 Å². The van der Waals surface area contributed by atoms with Crippen LogP contribution in [0.15, 0.2) is 72.8 Å². The summed E-state index contributed by atoms with van der Waals surface area (Å²) in [5, 5.41) is 5.58. The SMILES string of the molecule is COC(=O)c1cccc(NC(=O)Nc2cccc(CCc3nc4ccccc4n3C)c2)c1. The largest absolute Gasteiger partial charge is 0.465 e. The molecule has 0 saturated carbocycles. The number of esters is 1. The summed E-state index contributed by atoms with van der Waals surface area (Å²) in [5.41, 5.74) is 4.77. The van der Waals surface area contributed by atoms with Gasteiger partial charge in [-0.1, -0.05) is 30.3 Å². The van der Waals surface area contributed by atoms with Gasteiger partial charge in [-0.05, 0) is 54.4 Å². The van der Waals surface area contributed by atoms with E-state index in [0.717, 1.165) is 35.3 Å². The highest BCUT2D eigenvalue weighted by molar-refractivity contribution is 6.00. The number of fused-ring (bicyclic) bond motifs is 1. The van der Waals surface area contributed by atoms with Crippen molar-refractivity contribution in [1.82, 2.24) is 9.55 Å². The molecule has 4 aromatic rings. The van der Waals surface area contributed by atoms with Crippen molar-refractivity contribution in [3.8, 4) is 0 Å². The molecule has 7 nitrogen and oxygen atoms in total. The lowest BCUT2D eigenvalue weighted by Gasteiger charge is -2.10. The predicted octanol–water partition coefficient (Wildman–Crippen LogP) is 4.79. The number of methoxy groups -OCH3 is 1. The van der Waals surface area contributed by atoms with Crippen LogP contribution in [0.3, 0.4) is 0 Å². The van der Waals surface area contributed by atoms with Gasteiger partial charge in [0.2, 0.25) is 0 Å². The standard InChI is InChI=1S/C25H24N4O3/c1-29-22-12-4-3-11-21(22)28-23(29)14-13-17-7-5-9-19(15-17)26-25(31)27-20-10-6-8-18(16-20)24(30)32-2/h3-12,15-16H,13-14H2,1-2H3,(H2,26,27,31). The summed E-state index contributed by atoms with van der Waals surface area (Å²) in [7, 11) is 3.35. The molecule has 0 radical (unpaired) electrons. The molecule has 0 bridgehead atoms. The number of benzene rings is 3.